The molecule has 2 N–H and O–H groups in total. The fourth-order valence-electron chi connectivity index (χ4n) is 3.40. The number of hydrogen-bond acceptors (Lipinski definition) is 6. The third-order valence-corrected chi connectivity index (χ3v) is 7.30. The van der Waals surface area contributed by atoms with Crippen molar-refractivity contribution < 1.29 is 13.5 Å². The van der Waals surface area contributed by atoms with Crippen LogP contribution in [-0.2, 0) is 9.84 Å². The van der Waals surface area contributed by atoms with Crippen molar-refractivity contribution >= 4 is 9.84 Å². The van der Waals surface area contributed by atoms with Crippen molar-refractivity contribution in [2.24, 2.45) is 0 Å². The Morgan fingerprint density at radius 1 is 1.00 bits per heavy atom. The minimum absolute atomic E-state index is 0.154. The Hall–Kier alpha value is -3.21. The van der Waals surface area contributed by atoms with Crippen LogP contribution in [0.2, 0.25) is 0 Å². The van der Waals surface area contributed by atoms with E-state index in [9.17, 15) is 13.5 Å². The van der Waals surface area contributed by atoms with E-state index in [-0.39, 0.29) is 11.0 Å². The summed E-state index contributed by atoms with van der Waals surface area (Å²) in [6.07, 6.45) is 4.45. The van der Waals surface area contributed by atoms with Crippen LogP contribution in [0, 0.1) is 11.8 Å². The molecule has 4 rings (SSSR count). The monoisotopic (exact) mass is 419 g/mol. The Morgan fingerprint density at radius 2 is 1.77 bits per heavy atom. The maximum atomic E-state index is 12.8. The average Bonchev–Trinajstić information content (AvgIpc) is 2.79. The molecule has 2 aromatic carbocycles. The molecule has 1 aliphatic rings. The molecule has 1 fully saturated rings. The summed E-state index contributed by atoms with van der Waals surface area (Å²) in [7, 11) is -3.33. The Morgan fingerprint density at radius 3 is 2.50 bits per heavy atom. The van der Waals surface area contributed by atoms with Gasteiger partial charge in [0.05, 0.1) is 28.2 Å². The highest BCUT2D eigenvalue weighted by atomic mass is 32.2. The van der Waals surface area contributed by atoms with Gasteiger partial charge in [-0.05, 0) is 62.2 Å². The maximum Gasteiger partial charge on any atom is 0.181 e. The Bertz CT molecular complexity index is 1210. The highest BCUT2D eigenvalue weighted by molar-refractivity contribution is 7.92. The van der Waals surface area contributed by atoms with Gasteiger partial charge in [0.1, 0.15) is 11.4 Å². The lowest BCUT2D eigenvalue weighted by Gasteiger charge is -2.22. The van der Waals surface area contributed by atoms with Gasteiger partial charge in [0, 0.05) is 11.1 Å². The standard InChI is InChI=1S/C23H21N3O3S/c27-20-3-1-2-17(14-20)4-7-19-15-25-16-23(26-19)18-5-8-21(9-6-18)30(28,29)22-10-12-24-13-11-22/h1-3,5-6,8-9,14-16,22,24,27H,10-13H2. The van der Waals surface area contributed by atoms with Crippen LogP contribution in [0.15, 0.2) is 65.8 Å². The van der Waals surface area contributed by atoms with Gasteiger partial charge in [0.15, 0.2) is 9.84 Å². The van der Waals surface area contributed by atoms with Gasteiger partial charge in [-0.3, -0.25) is 4.98 Å². The number of benzene rings is 2. The van der Waals surface area contributed by atoms with Crippen molar-refractivity contribution in [3.05, 3.63) is 72.2 Å². The molecule has 7 heteroatoms. The lowest BCUT2D eigenvalue weighted by atomic mass is 10.1. The highest BCUT2D eigenvalue weighted by Gasteiger charge is 2.28. The Balaban J connectivity index is 1.56. The second-order valence-electron chi connectivity index (χ2n) is 7.11. The Kier molecular flexibility index (Phi) is 5.79. The fraction of sp³-hybridized carbons (Fsp3) is 0.217. The predicted octanol–water partition coefficient (Wildman–Crippen LogP) is 2.77. The number of aromatic hydroxyl groups is 1. The molecule has 0 aliphatic carbocycles. The average molecular weight is 420 g/mol. The summed E-state index contributed by atoms with van der Waals surface area (Å²) in [5.74, 6) is 6.04. The smallest absolute Gasteiger partial charge is 0.181 e. The van der Waals surface area contributed by atoms with E-state index in [0.717, 1.165) is 18.7 Å². The normalized spacial score (nSPS) is 14.7. The molecule has 0 radical (unpaired) electrons. The molecule has 0 unspecified atom stereocenters. The van der Waals surface area contributed by atoms with Crippen LogP contribution in [0.3, 0.4) is 0 Å². The lowest BCUT2D eigenvalue weighted by Crippen LogP contribution is -2.35. The van der Waals surface area contributed by atoms with Crippen molar-refractivity contribution in [2.75, 3.05) is 13.1 Å². The predicted molar refractivity (Wildman–Crippen MR) is 115 cm³/mol. The molecule has 0 bridgehead atoms. The van der Waals surface area contributed by atoms with Gasteiger partial charge in [-0.15, -0.1) is 0 Å². The Labute approximate surface area is 176 Å². The van der Waals surface area contributed by atoms with Gasteiger partial charge in [-0.2, -0.15) is 0 Å². The van der Waals surface area contributed by atoms with Crippen molar-refractivity contribution in [2.45, 2.75) is 23.0 Å². The zero-order valence-electron chi connectivity index (χ0n) is 16.2. The van der Waals surface area contributed by atoms with Gasteiger partial charge < -0.3 is 10.4 Å². The van der Waals surface area contributed by atoms with Crippen LogP contribution in [0.1, 0.15) is 24.1 Å². The van der Waals surface area contributed by atoms with E-state index in [4.69, 9.17) is 0 Å². The minimum Gasteiger partial charge on any atom is -0.508 e. The van der Waals surface area contributed by atoms with Crippen LogP contribution >= 0.6 is 0 Å². The van der Waals surface area contributed by atoms with Crippen LogP contribution in [-0.4, -0.2) is 41.8 Å². The molecular formula is C23H21N3O3S. The summed E-state index contributed by atoms with van der Waals surface area (Å²) in [6, 6.07) is 13.5. The van der Waals surface area contributed by atoms with Crippen LogP contribution < -0.4 is 5.32 Å². The summed E-state index contributed by atoms with van der Waals surface area (Å²) in [5, 5.41) is 12.4. The molecule has 2 heterocycles. The number of nitrogens with one attached hydrogen (secondary N) is 1. The summed E-state index contributed by atoms with van der Waals surface area (Å²) >= 11 is 0. The van der Waals surface area contributed by atoms with Gasteiger partial charge in [0.25, 0.3) is 0 Å². The van der Waals surface area contributed by atoms with Crippen molar-refractivity contribution in [3.8, 4) is 28.8 Å². The van der Waals surface area contributed by atoms with Gasteiger partial charge in [0.2, 0.25) is 0 Å². The van der Waals surface area contributed by atoms with E-state index in [1.807, 2.05) is 0 Å². The topological polar surface area (TPSA) is 92.2 Å². The van der Waals surface area contributed by atoms with E-state index < -0.39 is 9.84 Å². The van der Waals surface area contributed by atoms with E-state index in [0.29, 0.717) is 34.7 Å². The van der Waals surface area contributed by atoms with Crippen LogP contribution in [0.5, 0.6) is 5.75 Å². The molecule has 152 valence electrons. The van der Waals surface area contributed by atoms with Crippen molar-refractivity contribution in [1.82, 2.24) is 15.3 Å². The summed E-state index contributed by atoms with van der Waals surface area (Å²) < 4.78 is 25.7. The maximum absolute atomic E-state index is 12.8. The number of hydrogen-bond donors (Lipinski definition) is 2. The summed E-state index contributed by atoms with van der Waals surface area (Å²) in [5.41, 5.74) is 2.55. The molecule has 0 atom stereocenters. The first-order valence-corrected chi connectivity index (χ1v) is 11.3. The molecule has 3 aromatic rings. The van der Waals surface area contributed by atoms with E-state index in [1.165, 1.54) is 0 Å². The second kappa shape index (κ2) is 8.66. The van der Waals surface area contributed by atoms with Gasteiger partial charge in [-0.1, -0.05) is 24.1 Å². The molecule has 1 saturated heterocycles. The number of sulfone groups is 1. The van der Waals surface area contributed by atoms with Crippen LogP contribution in [0.4, 0.5) is 0 Å². The SMILES string of the molecule is O=S(=O)(c1ccc(-c2cncc(C#Cc3cccc(O)c3)n2)cc1)C1CCNCC1. The molecule has 0 saturated carbocycles. The molecule has 1 aliphatic heterocycles. The third-order valence-electron chi connectivity index (χ3n) is 5.02. The number of phenolic OH excluding ortho intramolecular Hbond substituents is 1. The first kappa shape index (κ1) is 20.1. The largest absolute Gasteiger partial charge is 0.508 e. The van der Waals surface area contributed by atoms with Gasteiger partial charge in [-0.25, -0.2) is 13.4 Å². The molecule has 0 spiro atoms. The summed E-state index contributed by atoms with van der Waals surface area (Å²) in [6.45, 7) is 1.46. The number of nitrogens with zero attached hydrogens (tertiary/aromatic N) is 2. The second-order valence-corrected chi connectivity index (χ2v) is 9.34. The minimum atomic E-state index is -3.33. The molecule has 6 nitrogen and oxygen atoms in total. The first-order valence-electron chi connectivity index (χ1n) is 9.70. The highest BCUT2D eigenvalue weighted by Crippen LogP contribution is 2.25. The number of piperidine rings is 1. The number of aromatic nitrogens is 2. The van der Waals surface area contributed by atoms with E-state index in [1.54, 1.807) is 60.9 Å². The van der Waals surface area contributed by atoms with Crippen molar-refractivity contribution in [3.63, 3.8) is 0 Å². The van der Waals surface area contributed by atoms with E-state index >= 15 is 0 Å². The number of phenols is 1. The van der Waals surface area contributed by atoms with Crippen LogP contribution in [0.25, 0.3) is 11.3 Å². The van der Waals surface area contributed by atoms with E-state index in [2.05, 4.69) is 27.1 Å². The third kappa shape index (κ3) is 4.51. The fourth-order valence-corrected chi connectivity index (χ4v) is 5.16. The molecule has 30 heavy (non-hydrogen) atoms. The number of rotatable bonds is 3. The van der Waals surface area contributed by atoms with Gasteiger partial charge >= 0.3 is 0 Å². The van der Waals surface area contributed by atoms with Crippen molar-refractivity contribution in [1.29, 1.82) is 0 Å². The molecule has 0 amide bonds. The first-order chi connectivity index (χ1) is 14.5. The quantitative estimate of drug-likeness (QED) is 0.635. The zero-order valence-corrected chi connectivity index (χ0v) is 17.1. The lowest BCUT2D eigenvalue weighted by molar-refractivity contribution is 0.475. The summed E-state index contributed by atoms with van der Waals surface area (Å²) in [4.78, 5) is 9.04. The zero-order chi connectivity index (χ0) is 21.0. The molecular weight excluding hydrogens is 398 g/mol. The molecule has 1 aromatic heterocycles.